The molecule has 0 radical (unpaired) electrons. The fourth-order valence-electron chi connectivity index (χ4n) is 2.49. The van der Waals surface area contributed by atoms with Gasteiger partial charge >= 0.3 is 0 Å². The molecule has 4 nitrogen and oxygen atoms in total. The zero-order valence-electron chi connectivity index (χ0n) is 12.0. The van der Waals surface area contributed by atoms with Crippen LogP contribution >= 0.6 is 0 Å². The molecule has 0 spiro atoms. The van der Waals surface area contributed by atoms with Gasteiger partial charge in [-0.2, -0.15) is 0 Å². The summed E-state index contributed by atoms with van der Waals surface area (Å²) in [7, 11) is 0. The first-order valence-corrected chi connectivity index (χ1v) is 7.08. The van der Waals surface area contributed by atoms with E-state index in [0.29, 0.717) is 6.42 Å². The van der Waals surface area contributed by atoms with Crippen LogP contribution in [0.4, 0.5) is 0 Å². The van der Waals surface area contributed by atoms with Crippen molar-refractivity contribution >= 4 is 11.8 Å². The number of amides is 2. The molecule has 20 heavy (non-hydrogen) atoms. The normalized spacial score (nSPS) is 24.2. The van der Waals surface area contributed by atoms with E-state index in [2.05, 4.69) is 0 Å². The van der Waals surface area contributed by atoms with Gasteiger partial charge in [0.05, 0.1) is 12.6 Å². The van der Waals surface area contributed by atoms with Crippen LogP contribution in [0.3, 0.4) is 0 Å². The molecule has 0 saturated carbocycles. The third kappa shape index (κ3) is 3.07. The summed E-state index contributed by atoms with van der Waals surface area (Å²) in [6.45, 7) is 3.64. The molecular weight excluding hydrogens is 254 g/mol. The van der Waals surface area contributed by atoms with E-state index < -0.39 is 6.10 Å². The Bertz CT molecular complexity index is 466. The maximum Gasteiger partial charge on any atom is 0.232 e. The van der Waals surface area contributed by atoms with E-state index >= 15 is 0 Å². The quantitative estimate of drug-likeness (QED) is 0.831. The Hall–Kier alpha value is -1.68. The highest BCUT2D eigenvalue weighted by Gasteiger charge is 2.42. The highest BCUT2D eigenvalue weighted by atomic mass is 16.3. The summed E-state index contributed by atoms with van der Waals surface area (Å²) in [5.41, 5.74) is 1.15. The lowest BCUT2D eigenvalue weighted by Gasteiger charge is -2.19. The van der Waals surface area contributed by atoms with E-state index in [1.165, 1.54) is 4.90 Å². The number of aliphatic hydroxyl groups is 1. The topological polar surface area (TPSA) is 57.6 Å². The van der Waals surface area contributed by atoms with Gasteiger partial charge in [-0.05, 0) is 18.4 Å². The van der Waals surface area contributed by atoms with Gasteiger partial charge < -0.3 is 5.11 Å². The Morgan fingerprint density at radius 2 is 1.65 bits per heavy atom. The van der Waals surface area contributed by atoms with E-state index in [0.717, 1.165) is 12.0 Å². The molecule has 1 saturated heterocycles. The van der Waals surface area contributed by atoms with E-state index in [4.69, 9.17) is 0 Å². The number of benzene rings is 1. The molecule has 1 heterocycles. The Labute approximate surface area is 119 Å². The van der Waals surface area contributed by atoms with Crippen molar-refractivity contribution in [3.8, 4) is 0 Å². The van der Waals surface area contributed by atoms with Crippen LogP contribution in [0.2, 0.25) is 0 Å². The molecule has 1 aromatic carbocycles. The summed E-state index contributed by atoms with van der Waals surface area (Å²) in [6, 6.07) is 9.87. The van der Waals surface area contributed by atoms with E-state index in [1.54, 1.807) is 13.8 Å². The van der Waals surface area contributed by atoms with Crippen molar-refractivity contribution < 1.29 is 14.7 Å². The molecule has 0 aliphatic carbocycles. The van der Waals surface area contributed by atoms with Gasteiger partial charge in [-0.25, -0.2) is 0 Å². The van der Waals surface area contributed by atoms with Gasteiger partial charge in [-0.3, -0.25) is 14.5 Å². The van der Waals surface area contributed by atoms with Crippen molar-refractivity contribution in [3.05, 3.63) is 35.9 Å². The van der Waals surface area contributed by atoms with Crippen LogP contribution in [0.15, 0.2) is 30.3 Å². The lowest BCUT2D eigenvalue weighted by molar-refractivity contribution is -0.141. The Kier molecular flexibility index (Phi) is 4.55. The molecule has 108 valence electrons. The van der Waals surface area contributed by atoms with Crippen LogP contribution in [0.25, 0.3) is 0 Å². The van der Waals surface area contributed by atoms with Crippen LogP contribution < -0.4 is 0 Å². The molecular formula is C16H21NO3. The Morgan fingerprint density at radius 1 is 1.10 bits per heavy atom. The number of imide groups is 1. The van der Waals surface area contributed by atoms with Gasteiger partial charge in [-0.15, -0.1) is 0 Å². The second-order valence-electron chi connectivity index (χ2n) is 5.54. The smallest absolute Gasteiger partial charge is 0.232 e. The number of carbonyl (C=O) groups is 2. The van der Waals surface area contributed by atoms with Gasteiger partial charge in [0.1, 0.15) is 0 Å². The lowest BCUT2D eigenvalue weighted by atomic mass is 10.00. The predicted octanol–water partition coefficient (Wildman–Crippen LogP) is 1.62. The highest BCUT2D eigenvalue weighted by molar-refractivity contribution is 6.04. The zero-order valence-corrected chi connectivity index (χ0v) is 12.0. The number of aliphatic hydroxyl groups excluding tert-OH is 1. The number of likely N-dealkylation sites (tertiary alicyclic amines) is 1. The molecule has 0 aromatic heterocycles. The molecule has 2 rings (SSSR count). The predicted molar refractivity (Wildman–Crippen MR) is 75.8 cm³/mol. The summed E-state index contributed by atoms with van der Waals surface area (Å²) in [4.78, 5) is 25.1. The van der Waals surface area contributed by atoms with Gasteiger partial charge in [-0.1, -0.05) is 44.2 Å². The van der Waals surface area contributed by atoms with Crippen LogP contribution in [0.1, 0.15) is 25.8 Å². The Balaban J connectivity index is 1.87. The highest BCUT2D eigenvalue weighted by Crippen LogP contribution is 2.25. The van der Waals surface area contributed by atoms with Gasteiger partial charge in [0.15, 0.2) is 0 Å². The number of β-amino-alcohol motifs (C(OH)–C–C–N with tert-alkyl or cyclic N) is 1. The number of hydrogen-bond acceptors (Lipinski definition) is 3. The standard InChI is InChI=1S/C16H21NO3/c1-11-12(2)16(20)17(15(11)19)10-14(18)9-8-13-6-4-3-5-7-13/h3-7,11-12,14,18H,8-10H2,1-2H3/t11-,12+,14-/m0/s1. The molecule has 0 bridgehead atoms. The minimum atomic E-state index is -0.666. The molecule has 0 unspecified atom stereocenters. The molecule has 3 atom stereocenters. The van der Waals surface area contributed by atoms with Crippen LogP contribution in [-0.2, 0) is 16.0 Å². The summed E-state index contributed by atoms with van der Waals surface area (Å²) in [5.74, 6) is -0.879. The summed E-state index contributed by atoms with van der Waals surface area (Å²) in [5, 5.41) is 10.0. The Morgan fingerprint density at radius 3 is 2.20 bits per heavy atom. The molecule has 4 heteroatoms. The first-order chi connectivity index (χ1) is 9.50. The average molecular weight is 275 g/mol. The third-order valence-corrected chi connectivity index (χ3v) is 4.06. The van der Waals surface area contributed by atoms with Crippen molar-refractivity contribution in [3.63, 3.8) is 0 Å². The van der Waals surface area contributed by atoms with Crippen LogP contribution in [0.5, 0.6) is 0 Å². The summed E-state index contributed by atoms with van der Waals surface area (Å²) >= 11 is 0. The zero-order chi connectivity index (χ0) is 14.7. The molecule has 1 aliphatic rings. The van der Waals surface area contributed by atoms with Crippen LogP contribution in [0, 0.1) is 11.8 Å². The van der Waals surface area contributed by atoms with E-state index in [9.17, 15) is 14.7 Å². The van der Waals surface area contributed by atoms with Gasteiger partial charge in [0.2, 0.25) is 11.8 Å². The number of carbonyl (C=O) groups excluding carboxylic acids is 2. The van der Waals surface area contributed by atoms with Crippen LogP contribution in [-0.4, -0.2) is 34.5 Å². The van der Waals surface area contributed by atoms with Gasteiger partial charge in [0, 0.05) is 11.8 Å². The van der Waals surface area contributed by atoms with Crippen molar-refractivity contribution in [2.75, 3.05) is 6.54 Å². The second-order valence-corrected chi connectivity index (χ2v) is 5.54. The van der Waals surface area contributed by atoms with Crippen molar-refractivity contribution in [2.45, 2.75) is 32.8 Å². The minimum absolute atomic E-state index is 0.110. The average Bonchev–Trinajstić information content (AvgIpc) is 2.64. The fourth-order valence-corrected chi connectivity index (χ4v) is 2.49. The molecule has 1 fully saturated rings. The monoisotopic (exact) mass is 275 g/mol. The molecule has 1 N–H and O–H groups in total. The third-order valence-electron chi connectivity index (χ3n) is 4.06. The second kappa shape index (κ2) is 6.18. The maximum atomic E-state index is 11.9. The minimum Gasteiger partial charge on any atom is -0.391 e. The lowest BCUT2D eigenvalue weighted by Crippen LogP contribution is -2.37. The first-order valence-electron chi connectivity index (χ1n) is 7.08. The first kappa shape index (κ1) is 14.7. The fraction of sp³-hybridized carbons (Fsp3) is 0.500. The van der Waals surface area contributed by atoms with Crippen molar-refractivity contribution in [2.24, 2.45) is 11.8 Å². The van der Waals surface area contributed by atoms with Crippen molar-refractivity contribution in [1.29, 1.82) is 0 Å². The molecule has 1 aromatic rings. The molecule has 2 amide bonds. The maximum absolute atomic E-state index is 11.9. The number of nitrogens with zero attached hydrogens (tertiary/aromatic N) is 1. The SMILES string of the molecule is C[C@@H]1C(=O)N(C[C@@H](O)CCc2ccccc2)C(=O)[C@@H]1C. The summed E-state index contributed by atoms with van der Waals surface area (Å²) in [6.07, 6.45) is 0.619. The number of hydrogen-bond donors (Lipinski definition) is 1. The van der Waals surface area contributed by atoms with Crippen molar-refractivity contribution in [1.82, 2.24) is 4.90 Å². The van der Waals surface area contributed by atoms with E-state index in [-0.39, 0.29) is 30.2 Å². The number of rotatable bonds is 5. The molecule has 1 aliphatic heterocycles. The summed E-state index contributed by atoms with van der Waals surface area (Å²) < 4.78 is 0. The largest absolute Gasteiger partial charge is 0.391 e. The van der Waals surface area contributed by atoms with E-state index in [1.807, 2.05) is 30.3 Å². The number of aryl methyl sites for hydroxylation is 1. The van der Waals surface area contributed by atoms with Gasteiger partial charge in [0.25, 0.3) is 0 Å².